The normalized spacial score (nSPS) is 11.6. The van der Waals surface area contributed by atoms with Crippen molar-refractivity contribution in [3.63, 3.8) is 0 Å². The van der Waals surface area contributed by atoms with Crippen molar-refractivity contribution in [3.8, 4) is 17.2 Å². The van der Waals surface area contributed by atoms with E-state index in [9.17, 15) is 19.1 Å². The summed E-state index contributed by atoms with van der Waals surface area (Å²) in [5.41, 5.74) is 0.297. The van der Waals surface area contributed by atoms with E-state index in [1.165, 1.54) is 24.3 Å². The number of nitrogens with one attached hydrogen (secondary N) is 1. The van der Waals surface area contributed by atoms with E-state index in [0.29, 0.717) is 33.8 Å². The molecule has 3 N–H and O–H groups in total. The number of hydrogen-bond donors (Lipinski definition) is 3. The number of nitrogens with zero attached hydrogens (tertiary/aromatic N) is 2. The van der Waals surface area contributed by atoms with E-state index in [1.807, 2.05) is 27.7 Å². The molecule has 0 unspecified atom stereocenters. The summed E-state index contributed by atoms with van der Waals surface area (Å²) in [4.78, 5) is 35.6. The van der Waals surface area contributed by atoms with Crippen LogP contribution in [-0.4, -0.2) is 31.2 Å². The molecule has 0 spiro atoms. The second-order valence-electron chi connectivity index (χ2n) is 7.57. The van der Waals surface area contributed by atoms with Crippen molar-refractivity contribution in [2.45, 2.75) is 39.7 Å². The van der Waals surface area contributed by atoms with Crippen LogP contribution in [-0.2, 0) is 4.57 Å². The number of carbonyl (C=O) groups excluding carboxylic acids is 1. The number of benzene rings is 2. The van der Waals surface area contributed by atoms with Gasteiger partial charge in [0.1, 0.15) is 23.1 Å². The minimum absolute atomic E-state index is 0.111. The summed E-state index contributed by atoms with van der Waals surface area (Å²) < 4.78 is 27.1. The summed E-state index contributed by atoms with van der Waals surface area (Å²) in [7, 11) is -4.34. The van der Waals surface area contributed by atoms with Gasteiger partial charge in [0, 0.05) is 29.1 Å². The van der Waals surface area contributed by atoms with Gasteiger partial charge in [0.05, 0.1) is 11.4 Å². The number of carbonyl (C=O) groups is 1. The zero-order valence-electron chi connectivity index (χ0n) is 18.0. The molecule has 11 heteroatoms. The van der Waals surface area contributed by atoms with Crippen LogP contribution in [0.25, 0.3) is 0 Å². The van der Waals surface area contributed by atoms with Crippen LogP contribution in [0.2, 0.25) is 0 Å². The van der Waals surface area contributed by atoms with Crippen molar-refractivity contribution in [2.24, 2.45) is 0 Å². The highest BCUT2D eigenvalue weighted by Gasteiger charge is 2.18. The zero-order valence-corrected chi connectivity index (χ0v) is 19.7. The van der Waals surface area contributed by atoms with E-state index < -0.39 is 13.5 Å². The van der Waals surface area contributed by atoms with E-state index in [-0.39, 0.29) is 17.3 Å². The third kappa shape index (κ3) is 6.37. The van der Waals surface area contributed by atoms with E-state index in [2.05, 4.69) is 14.7 Å². The predicted molar refractivity (Wildman–Crippen MR) is 122 cm³/mol. The molecule has 0 saturated heterocycles. The van der Waals surface area contributed by atoms with Crippen LogP contribution in [0, 0.1) is 0 Å². The first-order valence-electron chi connectivity index (χ1n) is 9.82. The molecule has 170 valence electrons. The van der Waals surface area contributed by atoms with Crippen LogP contribution >= 0.6 is 19.1 Å². The summed E-state index contributed by atoms with van der Waals surface area (Å²) >= 11 is 1.11. The number of ether oxygens (including phenoxy) is 2. The first-order chi connectivity index (χ1) is 15.0. The molecule has 3 rings (SSSR count). The fourth-order valence-corrected chi connectivity index (χ4v) is 3.88. The van der Waals surface area contributed by atoms with Gasteiger partial charge in [-0.1, -0.05) is 13.8 Å². The Labute approximate surface area is 189 Å². The predicted octanol–water partition coefficient (Wildman–Crippen LogP) is 4.30. The molecule has 2 aromatic carbocycles. The van der Waals surface area contributed by atoms with Crippen molar-refractivity contribution in [2.75, 3.05) is 5.32 Å². The van der Waals surface area contributed by atoms with E-state index in [0.717, 1.165) is 11.5 Å². The van der Waals surface area contributed by atoms with E-state index in [1.54, 1.807) is 18.2 Å². The molecule has 1 heterocycles. The first-order valence-corrected chi connectivity index (χ1v) is 12.2. The monoisotopic (exact) mass is 477 g/mol. The molecular weight excluding hydrogens is 453 g/mol. The van der Waals surface area contributed by atoms with Crippen LogP contribution in [0.1, 0.15) is 49.8 Å². The average Bonchev–Trinajstić information content (AvgIpc) is 3.16. The molecule has 1 amide bonds. The Bertz CT molecular complexity index is 1140. The first kappa shape index (κ1) is 23.9. The molecule has 0 bridgehead atoms. The Morgan fingerprint density at radius 2 is 1.69 bits per heavy atom. The van der Waals surface area contributed by atoms with Crippen LogP contribution < -0.4 is 20.1 Å². The molecule has 0 aliphatic heterocycles. The van der Waals surface area contributed by atoms with Gasteiger partial charge in [0.25, 0.3) is 5.91 Å². The largest absolute Gasteiger partial charge is 0.491 e. The molecule has 0 aliphatic carbocycles. The lowest BCUT2D eigenvalue weighted by molar-refractivity contribution is 0.102. The van der Waals surface area contributed by atoms with Crippen molar-refractivity contribution < 1.29 is 28.6 Å². The summed E-state index contributed by atoms with van der Waals surface area (Å²) in [6.07, 6.45) is -0.125. The van der Waals surface area contributed by atoms with Gasteiger partial charge in [-0.05, 0) is 50.2 Å². The van der Waals surface area contributed by atoms with Crippen LogP contribution in [0.5, 0.6) is 17.2 Å². The smallest absolute Gasteiger partial charge is 0.356 e. The Hall–Kier alpha value is -2.78. The molecule has 0 atom stereocenters. The Morgan fingerprint density at radius 3 is 2.25 bits per heavy atom. The van der Waals surface area contributed by atoms with Gasteiger partial charge in [-0.2, -0.15) is 4.37 Å². The van der Waals surface area contributed by atoms with Crippen molar-refractivity contribution in [1.82, 2.24) is 9.36 Å². The topological polar surface area (TPSA) is 131 Å². The van der Waals surface area contributed by atoms with E-state index in [4.69, 9.17) is 9.47 Å². The van der Waals surface area contributed by atoms with E-state index >= 15 is 0 Å². The number of amides is 1. The number of rotatable bonds is 8. The molecule has 0 radical (unpaired) electrons. The molecule has 0 saturated carbocycles. The van der Waals surface area contributed by atoms with Gasteiger partial charge in [-0.25, -0.2) is 4.98 Å². The fraction of sp³-hybridized carbons (Fsp3) is 0.286. The number of aromatic nitrogens is 2. The van der Waals surface area contributed by atoms with Crippen LogP contribution in [0.15, 0.2) is 42.5 Å². The second kappa shape index (κ2) is 9.79. The summed E-state index contributed by atoms with van der Waals surface area (Å²) in [6.45, 7) is 7.67. The maximum Gasteiger partial charge on any atom is 0.356 e. The minimum atomic E-state index is -4.34. The quantitative estimate of drug-likeness (QED) is 0.410. The molecule has 0 fully saturated rings. The van der Waals surface area contributed by atoms with Gasteiger partial charge in [0.2, 0.25) is 5.13 Å². The van der Waals surface area contributed by atoms with Crippen molar-refractivity contribution in [3.05, 3.63) is 53.9 Å². The van der Waals surface area contributed by atoms with Gasteiger partial charge in [-0.15, -0.1) is 0 Å². The minimum Gasteiger partial charge on any atom is -0.491 e. The maximum atomic E-state index is 12.8. The third-order valence-corrected chi connectivity index (χ3v) is 5.72. The van der Waals surface area contributed by atoms with Crippen LogP contribution in [0.3, 0.4) is 0 Å². The van der Waals surface area contributed by atoms with Crippen molar-refractivity contribution in [1.29, 1.82) is 0 Å². The lowest BCUT2D eigenvalue weighted by Gasteiger charge is -2.14. The summed E-state index contributed by atoms with van der Waals surface area (Å²) in [5.74, 6) is 1.53. The highest BCUT2D eigenvalue weighted by Crippen LogP contribution is 2.34. The fourth-order valence-electron chi connectivity index (χ4n) is 2.64. The molecule has 0 aliphatic rings. The lowest BCUT2D eigenvalue weighted by Crippen LogP contribution is -2.13. The third-order valence-electron chi connectivity index (χ3n) is 4.10. The Morgan fingerprint density at radius 1 is 1.03 bits per heavy atom. The molecule has 32 heavy (non-hydrogen) atoms. The van der Waals surface area contributed by atoms with Gasteiger partial charge >= 0.3 is 7.60 Å². The molecule has 1 aromatic heterocycles. The number of anilines is 1. The van der Waals surface area contributed by atoms with Crippen molar-refractivity contribution >= 4 is 35.5 Å². The lowest BCUT2D eigenvalue weighted by atomic mass is 10.2. The second-order valence-corrected chi connectivity index (χ2v) is 9.92. The standard InChI is InChI=1S/C21H24N3O6PS/c1-12(2)19-22-21(32-24-19)23-20(25)14-9-16(29-13(3)4)11-17(10-14)30-15-5-7-18(8-6-15)31(26,27)28/h5-13H,1-4H3,(H2,26,27,28)(H,22,23,24,25). The summed E-state index contributed by atoms with van der Waals surface area (Å²) in [6, 6.07) is 10.3. The average molecular weight is 477 g/mol. The molecular formula is C21H24N3O6PS. The Kier molecular flexibility index (Phi) is 7.30. The Balaban J connectivity index is 1.85. The van der Waals surface area contributed by atoms with Gasteiger partial charge in [0.15, 0.2) is 0 Å². The highest BCUT2D eigenvalue weighted by atomic mass is 32.1. The van der Waals surface area contributed by atoms with Gasteiger partial charge in [-0.3, -0.25) is 14.7 Å². The van der Waals surface area contributed by atoms with Crippen LogP contribution in [0.4, 0.5) is 5.13 Å². The highest BCUT2D eigenvalue weighted by molar-refractivity contribution is 7.60. The zero-order chi connectivity index (χ0) is 23.5. The SMILES string of the molecule is CC(C)Oc1cc(Oc2ccc(P(=O)(O)O)cc2)cc(C(=O)Nc2nc(C(C)C)ns2)c1. The molecule has 9 nitrogen and oxygen atoms in total. The maximum absolute atomic E-state index is 12.8. The summed E-state index contributed by atoms with van der Waals surface area (Å²) in [5, 5.41) is 3.02. The van der Waals surface area contributed by atoms with Gasteiger partial charge < -0.3 is 19.3 Å². The number of hydrogen-bond acceptors (Lipinski definition) is 7. The molecule has 3 aromatic rings.